The van der Waals surface area contributed by atoms with Gasteiger partial charge in [0.25, 0.3) is 0 Å². The second-order valence-corrected chi connectivity index (χ2v) is 5.71. The average molecular weight is 313 g/mol. The molecule has 6 heteroatoms. The van der Waals surface area contributed by atoms with Gasteiger partial charge in [0.1, 0.15) is 12.4 Å². The van der Waals surface area contributed by atoms with Crippen LogP contribution < -0.4 is 4.74 Å². The molecule has 1 N–H and O–H groups in total. The molecule has 1 aromatic carbocycles. The average Bonchev–Trinajstić information content (AvgIpc) is 2.49. The van der Waals surface area contributed by atoms with Crippen LogP contribution in [-0.4, -0.2) is 60.3 Å². The Balaban J connectivity index is 1.67. The second-order valence-electron chi connectivity index (χ2n) is 5.27. The Morgan fingerprint density at radius 1 is 1.38 bits per heavy atom. The SMILES string of the molecule is CN(C(=O)O)C1CCN(CCOc2ccc(Cl)cc2)CC1. The molecule has 0 aliphatic carbocycles. The normalized spacial score (nSPS) is 16.7. The number of carboxylic acid groups (broad SMARTS) is 1. The van der Waals surface area contributed by atoms with Crippen molar-refractivity contribution >= 4 is 17.7 Å². The van der Waals surface area contributed by atoms with Crippen LogP contribution in [0.15, 0.2) is 24.3 Å². The number of piperidine rings is 1. The van der Waals surface area contributed by atoms with Crippen molar-refractivity contribution < 1.29 is 14.6 Å². The second kappa shape index (κ2) is 7.52. The van der Waals surface area contributed by atoms with E-state index in [1.807, 2.05) is 24.3 Å². The van der Waals surface area contributed by atoms with Gasteiger partial charge in [0, 0.05) is 37.7 Å². The third kappa shape index (κ3) is 4.79. The molecule has 0 bridgehead atoms. The molecule has 1 aromatic rings. The molecule has 1 fully saturated rings. The van der Waals surface area contributed by atoms with E-state index >= 15 is 0 Å². The summed E-state index contributed by atoms with van der Waals surface area (Å²) >= 11 is 5.82. The highest BCUT2D eigenvalue weighted by molar-refractivity contribution is 6.30. The summed E-state index contributed by atoms with van der Waals surface area (Å²) in [7, 11) is 1.65. The maximum Gasteiger partial charge on any atom is 0.407 e. The van der Waals surface area contributed by atoms with Crippen molar-refractivity contribution in [3.63, 3.8) is 0 Å². The maximum absolute atomic E-state index is 10.9. The van der Waals surface area contributed by atoms with Crippen LogP contribution >= 0.6 is 11.6 Å². The van der Waals surface area contributed by atoms with E-state index in [0.29, 0.717) is 11.6 Å². The van der Waals surface area contributed by atoms with Crippen LogP contribution in [0.5, 0.6) is 5.75 Å². The first-order valence-corrected chi connectivity index (χ1v) is 7.50. The number of hydrogen-bond acceptors (Lipinski definition) is 3. The van der Waals surface area contributed by atoms with Gasteiger partial charge in [0.15, 0.2) is 0 Å². The minimum Gasteiger partial charge on any atom is -0.492 e. The maximum atomic E-state index is 10.9. The minimum absolute atomic E-state index is 0.135. The predicted molar refractivity (Wildman–Crippen MR) is 82.2 cm³/mol. The van der Waals surface area contributed by atoms with E-state index in [9.17, 15) is 4.79 Å². The fraction of sp³-hybridized carbons (Fsp3) is 0.533. The van der Waals surface area contributed by atoms with Crippen LogP contribution in [0.25, 0.3) is 0 Å². The smallest absolute Gasteiger partial charge is 0.407 e. The lowest BCUT2D eigenvalue weighted by Gasteiger charge is -2.35. The van der Waals surface area contributed by atoms with Gasteiger partial charge in [-0.25, -0.2) is 4.79 Å². The Bertz CT molecular complexity index is 458. The van der Waals surface area contributed by atoms with E-state index in [-0.39, 0.29) is 6.04 Å². The van der Waals surface area contributed by atoms with Gasteiger partial charge in [0.2, 0.25) is 0 Å². The first-order chi connectivity index (χ1) is 10.1. The molecule has 1 aliphatic rings. The van der Waals surface area contributed by atoms with Gasteiger partial charge < -0.3 is 14.7 Å². The monoisotopic (exact) mass is 312 g/mol. The number of carbonyl (C=O) groups is 1. The Kier molecular flexibility index (Phi) is 5.70. The molecule has 1 saturated heterocycles. The Morgan fingerprint density at radius 3 is 2.57 bits per heavy atom. The summed E-state index contributed by atoms with van der Waals surface area (Å²) < 4.78 is 5.67. The molecular weight excluding hydrogens is 292 g/mol. The van der Waals surface area contributed by atoms with E-state index in [0.717, 1.165) is 38.2 Å². The van der Waals surface area contributed by atoms with Crippen LogP contribution in [0.4, 0.5) is 4.79 Å². The van der Waals surface area contributed by atoms with Crippen molar-refractivity contribution in [2.75, 3.05) is 33.3 Å². The van der Waals surface area contributed by atoms with Crippen LogP contribution in [0.3, 0.4) is 0 Å². The topological polar surface area (TPSA) is 53.0 Å². The molecule has 5 nitrogen and oxygen atoms in total. The quantitative estimate of drug-likeness (QED) is 0.908. The van der Waals surface area contributed by atoms with Crippen molar-refractivity contribution in [2.45, 2.75) is 18.9 Å². The highest BCUT2D eigenvalue weighted by Gasteiger charge is 2.24. The van der Waals surface area contributed by atoms with Gasteiger partial charge in [-0.2, -0.15) is 0 Å². The molecular formula is C15H21ClN2O3. The van der Waals surface area contributed by atoms with Crippen LogP contribution in [0.2, 0.25) is 5.02 Å². The zero-order chi connectivity index (χ0) is 15.2. The fourth-order valence-corrected chi connectivity index (χ4v) is 2.64. The van der Waals surface area contributed by atoms with Gasteiger partial charge in [-0.15, -0.1) is 0 Å². The molecule has 116 valence electrons. The van der Waals surface area contributed by atoms with Crippen molar-refractivity contribution in [2.24, 2.45) is 0 Å². The highest BCUT2D eigenvalue weighted by Crippen LogP contribution is 2.17. The van der Waals surface area contributed by atoms with E-state index in [2.05, 4.69) is 4.90 Å². The molecule has 0 radical (unpaired) electrons. The fourth-order valence-electron chi connectivity index (χ4n) is 2.51. The first-order valence-electron chi connectivity index (χ1n) is 7.13. The first kappa shape index (κ1) is 15.9. The van der Waals surface area contributed by atoms with E-state index in [1.165, 1.54) is 4.90 Å². The van der Waals surface area contributed by atoms with E-state index < -0.39 is 6.09 Å². The minimum atomic E-state index is -0.848. The molecule has 1 amide bonds. The summed E-state index contributed by atoms with van der Waals surface area (Å²) in [5.74, 6) is 0.819. The van der Waals surface area contributed by atoms with Gasteiger partial charge >= 0.3 is 6.09 Å². The molecule has 21 heavy (non-hydrogen) atoms. The summed E-state index contributed by atoms with van der Waals surface area (Å²) in [6, 6.07) is 7.47. The van der Waals surface area contributed by atoms with Gasteiger partial charge in [-0.1, -0.05) is 11.6 Å². The third-order valence-corrected chi connectivity index (χ3v) is 4.15. The summed E-state index contributed by atoms with van der Waals surface area (Å²) in [5, 5.41) is 9.67. The molecule has 2 rings (SSSR count). The zero-order valence-corrected chi connectivity index (χ0v) is 12.9. The Morgan fingerprint density at radius 2 is 2.00 bits per heavy atom. The number of likely N-dealkylation sites (tertiary alicyclic amines) is 1. The van der Waals surface area contributed by atoms with Crippen LogP contribution in [-0.2, 0) is 0 Å². The number of rotatable bonds is 5. The number of benzene rings is 1. The highest BCUT2D eigenvalue weighted by atomic mass is 35.5. The van der Waals surface area contributed by atoms with Gasteiger partial charge in [-0.05, 0) is 37.1 Å². The molecule has 0 saturated carbocycles. The number of hydrogen-bond donors (Lipinski definition) is 1. The van der Waals surface area contributed by atoms with Gasteiger partial charge in [0.05, 0.1) is 0 Å². The lowest BCUT2D eigenvalue weighted by Crippen LogP contribution is -2.46. The lowest BCUT2D eigenvalue weighted by molar-refractivity contribution is 0.0990. The zero-order valence-electron chi connectivity index (χ0n) is 12.2. The summed E-state index contributed by atoms with van der Waals surface area (Å²) in [6.45, 7) is 3.30. The summed E-state index contributed by atoms with van der Waals surface area (Å²) in [6.07, 6.45) is 0.910. The summed E-state index contributed by atoms with van der Waals surface area (Å²) in [5.41, 5.74) is 0. The Hall–Kier alpha value is -1.46. The number of amides is 1. The van der Waals surface area contributed by atoms with E-state index in [4.69, 9.17) is 21.4 Å². The number of halogens is 1. The Labute approximate surface area is 130 Å². The number of ether oxygens (including phenoxy) is 1. The summed E-state index contributed by atoms with van der Waals surface area (Å²) in [4.78, 5) is 14.6. The number of nitrogens with zero attached hydrogens (tertiary/aromatic N) is 2. The van der Waals surface area contributed by atoms with Crippen molar-refractivity contribution in [3.05, 3.63) is 29.3 Å². The van der Waals surface area contributed by atoms with Gasteiger partial charge in [-0.3, -0.25) is 4.90 Å². The third-order valence-electron chi connectivity index (χ3n) is 3.90. The standard InChI is InChI=1S/C15H21ClN2O3/c1-17(15(19)20)13-6-8-18(9-7-13)10-11-21-14-4-2-12(16)3-5-14/h2-5,13H,6-11H2,1H3,(H,19,20). The van der Waals surface area contributed by atoms with Crippen molar-refractivity contribution in [3.8, 4) is 5.75 Å². The molecule has 1 aliphatic heterocycles. The molecule has 0 atom stereocenters. The molecule has 1 heterocycles. The molecule has 0 aromatic heterocycles. The van der Waals surface area contributed by atoms with Crippen LogP contribution in [0, 0.1) is 0 Å². The van der Waals surface area contributed by atoms with Crippen LogP contribution in [0.1, 0.15) is 12.8 Å². The predicted octanol–water partition coefficient (Wildman–Crippen LogP) is 2.79. The van der Waals surface area contributed by atoms with Crippen molar-refractivity contribution in [1.29, 1.82) is 0 Å². The van der Waals surface area contributed by atoms with E-state index in [1.54, 1.807) is 7.05 Å². The van der Waals surface area contributed by atoms with Crippen molar-refractivity contribution in [1.82, 2.24) is 9.80 Å². The molecule has 0 spiro atoms. The molecule has 0 unspecified atom stereocenters. The largest absolute Gasteiger partial charge is 0.492 e. The lowest BCUT2D eigenvalue weighted by atomic mass is 10.0.